The monoisotopic (exact) mass is 338 g/mol. The second-order valence-corrected chi connectivity index (χ2v) is 6.25. The van der Waals surface area contributed by atoms with Gasteiger partial charge in [0.1, 0.15) is 11.5 Å². The number of hydrogen-bond acceptors (Lipinski definition) is 5. The molecule has 2 aromatic heterocycles. The molecule has 0 aliphatic heterocycles. The minimum Gasteiger partial charge on any atom is -0.497 e. The highest BCUT2D eigenvalue weighted by Crippen LogP contribution is 2.25. The third-order valence-electron chi connectivity index (χ3n) is 3.87. The molecule has 0 saturated carbocycles. The Bertz CT molecular complexity index is 1160. The number of aromatic nitrogens is 2. The van der Waals surface area contributed by atoms with Crippen molar-refractivity contribution in [1.29, 1.82) is 0 Å². The fourth-order valence-corrected chi connectivity index (χ4v) is 3.67. The topological polar surface area (TPSA) is 52.8 Å². The summed E-state index contributed by atoms with van der Waals surface area (Å²) < 4.78 is 12.9. The van der Waals surface area contributed by atoms with Crippen molar-refractivity contribution >= 4 is 33.4 Å². The van der Waals surface area contributed by atoms with Crippen molar-refractivity contribution in [1.82, 2.24) is 9.38 Å². The van der Waals surface area contributed by atoms with Crippen LogP contribution in [-0.2, 0) is 0 Å². The van der Waals surface area contributed by atoms with Crippen LogP contribution in [-0.4, -0.2) is 23.6 Å². The lowest BCUT2D eigenvalue weighted by Gasteiger charge is -2.06. The first kappa shape index (κ1) is 14.7. The molecular weight excluding hydrogens is 324 g/mol. The average molecular weight is 338 g/mol. The van der Waals surface area contributed by atoms with Crippen LogP contribution in [0.25, 0.3) is 22.1 Å². The van der Waals surface area contributed by atoms with Crippen molar-refractivity contribution in [3.63, 3.8) is 0 Å². The zero-order chi connectivity index (χ0) is 16.7. The maximum Gasteiger partial charge on any atom is 0.274 e. The Morgan fingerprint density at radius 1 is 1.12 bits per heavy atom. The number of thiazole rings is 1. The van der Waals surface area contributed by atoms with Gasteiger partial charge in [0.05, 0.1) is 29.8 Å². The van der Waals surface area contributed by atoms with E-state index >= 15 is 0 Å². The molecule has 4 rings (SSSR count). The van der Waals surface area contributed by atoms with Gasteiger partial charge in [-0.2, -0.15) is 0 Å². The molecule has 0 bridgehead atoms. The van der Waals surface area contributed by atoms with Crippen molar-refractivity contribution in [3.05, 3.63) is 62.9 Å². The van der Waals surface area contributed by atoms with Crippen LogP contribution in [0.4, 0.5) is 0 Å². The fraction of sp³-hybridized carbons (Fsp3) is 0.111. The van der Waals surface area contributed by atoms with Crippen LogP contribution >= 0.6 is 11.3 Å². The van der Waals surface area contributed by atoms with E-state index < -0.39 is 0 Å². The molecule has 0 aliphatic rings. The number of methoxy groups -OCH3 is 2. The van der Waals surface area contributed by atoms with Crippen molar-refractivity contribution in [2.24, 2.45) is 0 Å². The molecule has 4 aromatic rings. The summed E-state index contributed by atoms with van der Waals surface area (Å²) in [6.07, 6.45) is 1.83. The molecule has 0 amide bonds. The summed E-state index contributed by atoms with van der Waals surface area (Å²) in [6.45, 7) is 0. The minimum absolute atomic E-state index is 0.0680. The van der Waals surface area contributed by atoms with Gasteiger partial charge in [0.2, 0.25) is 0 Å². The molecule has 0 radical (unpaired) electrons. The van der Waals surface area contributed by atoms with Crippen LogP contribution in [0.5, 0.6) is 11.5 Å². The largest absolute Gasteiger partial charge is 0.497 e. The van der Waals surface area contributed by atoms with Crippen LogP contribution in [0.2, 0.25) is 0 Å². The Morgan fingerprint density at radius 2 is 1.96 bits per heavy atom. The first-order valence-electron chi connectivity index (χ1n) is 7.35. The van der Waals surface area contributed by atoms with E-state index in [4.69, 9.17) is 9.47 Å². The van der Waals surface area contributed by atoms with Crippen LogP contribution in [0, 0.1) is 0 Å². The third kappa shape index (κ3) is 2.23. The van der Waals surface area contributed by atoms with E-state index in [-0.39, 0.29) is 5.56 Å². The molecule has 0 saturated heterocycles. The summed E-state index contributed by atoms with van der Waals surface area (Å²) in [4.78, 5) is 18.0. The van der Waals surface area contributed by atoms with E-state index in [1.54, 1.807) is 24.7 Å². The maximum absolute atomic E-state index is 12.8. The smallest absolute Gasteiger partial charge is 0.274 e. The van der Waals surface area contributed by atoms with Gasteiger partial charge in [0.15, 0.2) is 4.96 Å². The SMILES string of the molecule is COc1ccc(/C=c2\sc3nc4ccccc4n3c2=O)c(OC)c1. The second-order valence-electron chi connectivity index (χ2n) is 5.24. The van der Waals surface area contributed by atoms with Gasteiger partial charge in [-0.05, 0) is 30.3 Å². The number of rotatable bonds is 3. The number of benzene rings is 2. The lowest BCUT2D eigenvalue weighted by Crippen LogP contribution is -2.22. The summed E-state index contributed by atoms with van der Waals surface area (Å²) in [5.74, 6) is 1.36. The van der Waals surface area contributed by atoms with Gasteiger partial charge in [0.25, 0.3) is 5.56 Å². The predicted octanol–water partition coefficient (Wildman–Crippen LogP) is 2.47. The highest BCUT2D eigenvalue weighted by atomic mass is 32.1. The van der Waals surface area contributed by atoms with Gasteiger partial charge in [-0.25, -0.2) is 9.38 Å². The maximum atomic E-state index is 12.8. The summed E-state index contributed by atoms with van der Waals surface area (Å²) in [5.41, 5.74) is 2.41. The van der Waals surface area contributed by atoms with E-state index in [2.05, 4.69) is 4.98 Å². The minimum atomic E-state index is -0.0680. The predicted molar refractivity (Wildman–Crippen MR) is 95.2 cm³/mol. The standard InChI is InChI=1S/C18H14N2O3S/c1-22-12-8-7-11(15(10-12)23-2)9-16-17(21)20-14-6-4-3-5-13(14)19-18(20)24-16/h3-10H,1-2H3/b16-9-. The lowest BCUT2D eigenvalue weighted by atomic mass is 10.2. The van der Waals surface area contributed by atoms with Crippen LogP contribution < -0.4 is 19.6 Å². The van der Waals surface area contributed by atoms with E-state index in [0.29, 0.717) is 21.0 Å². The Hall–Kier alpha value is -2.86. The summed E-state index contributed by atoms with van der Waals surface area (Å²) in [6, 6.07) is 13.1. The molecule has 0 aliphatic carbocycles. The first-order valence-corrected chi connectivity index (χ1v) is 8.16. The van der Waals surface area contributed by atoms with E-state index in [1.165, 1.54) is 11.3 Å². The molecule has 6 heteroatoms. The average Bonchev–Trinajstić information content (AvgIpc) is 3.12. The normalized spacial score (nSPS) is 12.2. The lowest BCUT2D eigenvalue weighted by molar-refractivity contribution is 0.393. The third-order valence-corrected chi connectivity index (χ3v) is 4.84. The van der Waals surface area contributed by atoms with Gasteiger partial charge in [-0.3, -0.25) is 4.79 Å². The number of imidazole rings is 1. The number of fused-ring (bicyclic) bond motifs is 3. The van der Waals surface area contributed by atoms with Crippen LogP contribution in [0.15, 0.2) is 47.3 Å². The molecule has 0 spiro atoms. The van der Waals surface area contributed by atoms with E-state index in [1.807, 2.05) is 42.5 Å². The quantitative estimate of drug-likeness (QED) is 0.576. The molecule has 2 aromatic carbocycles. The fourth-order valence-electron chi connectivity index (χ4n) is 2.69. The van der Waals surface area contributed by atoms with Gasteiger partial charge in [-0.1, -0.05) is 23.5 Å². The molecular formula is C18H14N2O3S. The zero-order valence-electron chi connectivity index (χ0n) is 13.1. The molecule has 0 fully saturated rings. The number of ether oxygens (including phenoxy) is 2. The van der Waals surface area contributed by atoms with Crippen molar-refractivity contribution in [2.75, 3.05) is 14.2 Å². The first-order chi connectivity index (χ1) is 11.7. The molecule has 120 valence electrons. The molecule has 5 nitrogen and oxygen atoms in total. The van der Waals surface area contributed by atoms with Crippen molar-refractivity contribution in [3.8, 4) is 11.5 Å². The Labute approximate surface area is 141 Å². The number of para-hydroxylation sites is 2. The highest BCUT2D eigenvalue weighted by molar-refractivity contribution is 7.15. The van der Waals surface area contributed by atoms with Gasteiger partial charge in [0, 0.05) is 11.6 Å². The number of nitrogens with zero attached hydrogens (tertiary/aromatic N) is 2. The van der Waals surface area contributed by atoms with Gasteiger partial charge >= 0.3 is 0 Å². The van der Waals surface area contributed by atoms with Gasteiger partial charge < -0.3 is 9.47 Å². The summed E-state index contributed by atoms with van der Waals surface area (Å²) in [5, 5.41) is 0. The Kier molecular flexibility index (Phi) is 3.46. The summed E-state index contributed by atoms with van der Waals surface area (Å²) >= 11 is 1.37. The van der Waals surface area contributed by atoms with E-state index in [0.717, 1.165) is 16.6 Å². The Balaban J connectivity index is 1.95. The van der Waals surface area contributed by atoms with Crippen LogP contribution in [0.3, 0.4) is 0 Å². The van der Waals surface area contributed by atoms with E-state index in [9.17, 15) is 4.79 Å². The second kappa shape index (κ2) is 5.65. The highest BCUT2D eigenvalue weighted by Gasteiger charge is 2.11. The summed E-state index contributed by atoms with van der Waals surface area (Å²) in [7, 11) is 3.20. The Morgan fingerprint density at radius 3 is 2.75 bits per heavy atom. The van der Waals surface area contributed by atoms with Crippen molar-refractivity contribution in [2.45, 2.75) is 0 Å². The molecule has 0 N–H and O–H groups in total. The van der Waals surface area contributed by atoms with Gasteiger partial charge in [-0.15, -0.1) is 0 Å². The number of hydrogen-bond donors (Lipinski definition) is 0. The van der Waals surface area contributed by atoms with Crippen molar-refractivity contribution < 1.29 is 9.47 Å². The molecule has 2 heterocycles. The van der Waals surface area contributed by atoms with Crippen LogP contribution in [0.1, 0.15) is 5.56 Å². The zero-order valence-corrected chi connectivity index (χ0v) is 14.0. The molecule has 0 atom stereocenters. The molecule has 0 unspecified atom stereocenters. The molecule has 24 heavy (non-hydrogen) atoms.